The second-order valence-corrected chi connectivity index (χ2v) is 6.54. The van der Waals surface area contributed by atoms with Gasteiger partial charge in [0.25, 0.3) is 0 Å². The molecule has 1 aliphatic rings. The number of anilines is 1. The summed E-state index contributed by atoms with van der Waals surface area (Å²) in [7, 11) is 4.25. The van der Waals surface area contributed by atoms with E-state index in [-0.39, 0.29) is 17.3 Å². The third-order valence-corrected chi connectivity index (χ3v) is 4.78. The van der Waals surface area contributed by atoms with Crippen molar-refractivity contribution >= 4 is 11.6 Å². The van der Waals surface area contributed by atoms with Crippen molar-refractivity contribution in [1.82, 2.24) is 9.80 Å². The molecule has 1 heterocycles. The van der Waals surface area contributed by atoms with Crippen LogP contribution in [0.4, 0.5) is 10.1 Å². The molecule has 5 heteroatoms. The molecule has 0 radical (unpaired) electrons. The number of piperidine rings is 1. The van der Waals surface area contributed by atoms with Gasteiger partial charge in [-0.05, 0) is 65.1 Å². The third-order valence-electron chi connectivity index (χ3n) is 4.78. The molecule has 0 aromatic heterocycles. The molecule has 1 aromatic carbocycles. The van der Waals surface area contributed by atoms with Crippen LogP contribution in [0.3, 0.4) is 0 Å². The van der Waals surface area contributed by atoms with E-state index in [0.29, 0.717) is 12.1 Å². The Kier molecular flexibility index (Phi) is 5.53. The van der Waals surface area contributed by atoms with Crippen molar-refractivity contribution in [2.45, 2.75) is 31.7 Å². The van der Waals surface area contributed by atoms with Gasteiger partial charge >= 0.3 is 0 Å². The fourth-order valence-electron chi connectivity index (χ4n) is 2.75. The SMILES string of the molecule is CN(C)C1(C)CCN(CCC(=O)Nc2cccc(F)c2)CC1. The molecule has 1 aliphatic heterocycles. The summed E-state index contributed by atoms with van der Waals surface area (Å²) in [6, 6.07) is 5.99. The zero-order chi connectivity index (χ0) is 16.2. The first-order valence-corrected chi connectivity index (χ1v) is 7.84. The molecule has 122 valence electrons. The molecule has 1 saturated heterocycles. The summed E-state index contributed by atoms with van der Waals surface area (Å²) in [6.07, 6.45) is 2.67. The Hall–Kier alpha value is -1.46. The van der Waals surface area contributed by atoms with Gasteiger partial charge in [0, 0.05) is 24.2 Å². The molecule has 22 heavy (non-hydrogen) atoms. The molecule has 1 aromatic rings. The number of nitrogens with zero attached hydrogens (tertiary/aromatic N) is 2. The minimum atomic E-state index is -0.336. The fraction of sp³-hybridized carbons (Fsp3) is 0.588. The van der Waals surface area contributed by atoms with Crippen LogP contribution in [0.25, 0.3) is 0 Å². The highest BCUT2D eigenvalue weighted by Crippen LogP contribution is 2.26. The number of hydrogen-bond acceptors (Lipinski definition) is 3. The van der Waals surface area contributed by atoms with Crippen molar-refractivity contribution in [2.75, 3.05) is 39.0 Å². The van der Waals surface area contributed by atoms with Crippen LogP contribution < -0.4 is 5.32 Å². The lowest BCUT2D eigenvalue weighted by molar-refractivity contribution is -0.116. The topological polar surface area (TPSA) is 35.6 Å². The van der Waals surface area contributed by atoms with E-state index in [2.05, 4.69) is 36.1 Å². The molecule has 2 rings (SSSR count). The van der Waals surface area contributed by atoms with Crippen molar-refractivity contribution in [3.8, 4) is 0 Å². The van der Waals surface area contributed by atoms with Crippen molar-refractivity contribution in [1.29, 1.82) is 0 Å². The lowest BCUT2D eigenvalue weighted by Crippen LogP contribution is -2.50. The Bertz CT molecular complexity index is 510. The lowest BCUT2D eigenvalue weighted by Gasteiger charge is -2.43. The summed E-state index contributed by atoms with van der Waals surface area (Å²) in [4.78, 5) is 16.6. The first-order chi connectivity index (χ1) is 10.4. The van der Waals surface area contributed by atoms with Gasteiger partial charge in [0.2, 0.25) is 5.91 Å². The van der Waals surface area contributed by atoms with E-state index >= 15 is 0 Å². The lowest BCUT2D eigenvalue weighted by atomic mass is 9.88. The van der Waals surface area contributed by atoms with Crippen LogP contribution >= 0.6 is 0 Å². The summed E-state index contributed by atoms with van der Waals surface area (Å²) in [5, 5.41) is 2.74. The maximum Gasteiger partial charge on any atom is 0.225 e. The second-order valence-electron chi connectivity index (χ2n) is 6.54. The summed E-state index contributed by atoms with van der Waals surface area (Å²) in [5.41, 5.74) is 0.782. The number of amides is 1. The zero-order valence-corrected chi connectivity index (χ0v) is 13.7. The normalized spacial score (nSPS) is 18.4. The smallest absolute Gasteiger partial charge is 0.225 e. The van der Waals surface area contributed by atoms with Crippen molar-refractivity contribution in [3.05, 3.63) is 30.1 Å². The van der Waals surface area contributed by atoms with E-state index in [1.807, 2.05) is 0 Å². The first kappa shape index (κ1) is 16.9. The Morgan fingerprint density at radius 2 is 2.05 bits per heavy atom. The maximum absolute atomic E-state index is 13.1. The van der Waals surface area contributed by atoms with E-state index in [4.69, 9.17) is 0 Å². The number of halogens is 1. The second kappa shape index (κ2) is 7.20. The van der Waals surface area contributed by atoms with Crippen LogP contribution in [0.15, 0.2) is 24.3 Å². The molecule has 0 spiro atoms. The molecule has 0 aliphatic carbocycles. The fourth-order valence-corrected chi connectivity index (χ4v) is 2.75. The van der Waals surface area contributed by atoms with Gasteiger partial charge < -0.3 is 15.1 Å². The minimum absolute atomic E-state index is 0.0634. The molecule has 4 nitrogen and oxygen atoms in total. The number of likely N-dealkylation sites (tertiary alicyclic amines) is 1. The van der Waals surface area contributed by atoms with Crippen LogP contribution in [0.5, 0.6) is 0 Å². The summed E-state index contributed by atoms with van der Waals surface area (Å²) in [6.45, 7) is 5.08. The van der Waals surface area contributed by atoms with Gasteiger partial charge in [-0.1, -0.05) is 6.07 Å². The molecular weight excluding hydrogens is 281 g/mol. The number of nitrogens with one attached hydrogen (secondary N) is 1. The van der Waals surface area contributed by atoms with Gasteiger partial charge in [0.15, 0.2) is 0 Å². The van der Waals surface area contributed by atoms with Crippen molar-refractivity contribution < 1.29 is 9.18 Å². The van der Waals surface area contributed by atoms with Crippen LogP contribution in [-0.2, 0) is 4.79 Å². The molecule has 0 bridgehead atoms. The number of rotatable bonds is 5. The largest absolute Gasteiger partial charge is 0.326 e. The number of hydrogen-bond donors (Lipinski definition) is 1. The summed E-state index contributed by atoms with van der Waals surface area (Å²) in [5.74, 6) is -0.400. The summed E-state index contributed by atoms with van der Waals surface area (Å²) >= 11 is 0. The molecule has 0 atom stereocenters. The predicted molar refractivity (Wildman–Crippen MR) is 87.4 cm³/mol. The quantitative estimate of drug-likeness (QED) is 0.908. The highest BCUT2D eigenvalue weighted by Gasteiger charge is 2.31. The maximum atomic E-state index is 13.1. The van der Waals surface area contributed by atoms with E-state index in [1.54, 1.807) is 12.1 Å². The molecule has 1 fully saturated rings. The minimum Gasteiger partial charge on any atom is -0.326 e. The highest BCUT2D eigenvalue weighted by molar-refractivity contribution is 5.90. The number of carbonyl (C=O) groups excluding carboxylic acids is 1. The van der Waals surface area contributed by atoms with Gasteiger partial charge in [0.05, 0.1) is 0 Å². The van der Waals surface area contributed by atoms with E-state index in [1.165, 1.54) is 12.1 Å². The molecule has 0 unspecified atom stereocenters. The van der Waals surface area contributed by atoms with E-state index in [9.17, 15) is 9.18 Å². The van der Waals surface area contributed by atoms with Crippen LogP contribution in [0, 0.1) is 5.82 Å². The third kappa shape index (κ3) is 4.52. The van der Waals surface area contributed by atoms with Crippen LogP contribution in [0.1, 0.15) is 26.2 Å². The van der Waals surface area contributed by atoms with Gasteiger partial charge in [-0.2, -0.15) is 0 Å². The van der Waals surface area contributed by atoms with Crippen LogP contribution in [0.2, 0.25) is 0 Å². The van der Waals surface area contributed by atoms with E-state index < -0.39 is 0 Å². The highest BCUT2D eigenvalue weighted by atomic mass is 19.1. The van der Waals surface area contributed by atoms with Gasteiger partial charge in [-0.25, -0.2) is 4.39 Å². The Morgan fingerprint density at radius 1 is 1.36 bits per heavy atom. The van der Waals surface area contributed by atoms with Crippen LogP contribution in [-0.4, -0.2) is 55.0 Å². The number of benzene rings is 1. The molecule has 1 amide bonds. The van der Waals surface area contributed by atoms with E-state index in [0.717, 1.165) is 32.5 Å². The average molecular weight is 307 g/mol. The Balaban J connectivity index is 1.74. The van der Waals surface area contributed by atoms with Gasteiger partial charge in [-0.3, -0.25) is 4.79 Å². The number of carbonyl (C=O) groups is 1. The average Bonchev–Trinajstić information content (AvgIpc) is 2.46. The summed E-state index contributed by atoms with van der Waals surface area (Å²) < 4.78 is 13.1. The zero-order valence-electron chi connectivity index (χ0n) is 13.7. The van der Waals surface area contributed by atoms with Crippen molar-refractivity contribution in [3.63, 3.8) is 0 Å². The van der Waals surface area contributed by atoms with Crippen molar-refractivity contribution in [2.24, 2.45) is 0 Å². The van der Waals surface area contributed by atoms with Gasteiger partial charge in [-0.15, -0.1) is 0 Å². The standard InChI is InChI=1S/C17H26FN3O/c1-17(20(2)3)8-11-21(12-9-17)10-7-16(22)19-15-6-4-5-14(18)13-15/h4-6,13H,7-12H2,1-3H3,(H,19,22). The van der Waals surface area contributed by atoms with Gasteiger partial charge in [0.1, 0.15) is 5.82 Å². The predicted octanol–water partition coefficient (Wildman–Crippen LogP) is 2.57. The molecular formula is C17H26FN3O. The Morgan fingerprint density at radius 3 is 2.64 bits per heavy atom. The first-order valence-electron chi connectivity index (χ1n) is 7.84. The molecule has 1 N–H and O–H groups in total. The monoisotopic (exact) mass is 307 g/mol. The molecule has 0 saturated carbocycles. The Labute approximate surface area is 132 Å².